The molecule has 1 aromatic rings. The van der Waals surface area contributed by atoms with Crippen molar-refractivity contribution in [3.05, 3.63) is 18.2 Å². The van der Waals surface area contributed by atoms with Crippen LogP contribution in [-0.4, -0.2) is 14.7 Å². The molecule has 1 aromatic heterocycles. The quantitative estimate of drug-likeness (QED) is 0.772. The smallest absolute Gasteiger partial charge is 0.106 e. The van der Waals surface area contributed by atoms with Crippen molar-refractivity contribution in [2.45, 2.75) is 45.8 Å². The van der Waals surface area contributed by atoms with Gasteiger partial charge < -0.3 is 9.67 Å². The highest BCUT2D eigenvalue weighted by molar-refractivity contribution is 5.09. The van der Waals surface area contributed by atoms with Gasteiger partial charge in [-0.2, -0.15) is 0 Å². The van der Waals surface area contributed by atoms with Crippen molar-refractivity contribution in [2.75, 3.05) is 0 Å². The standard InChI is InChI=1S/C10H18N2O/c1-4-10(13,5-2)9-7-11-8-12(9)6-3/h7-8,13H,4-6H2,1-3H3. The third kappa shape index (κ3) is 1.75. The summed E-state index contributed by atoms with van der Waals surface area (Å²) in [5.74, 6) is 0. The maximum Gasteiger partial charge on any atom is 0.106 e. The lowest BCUT2D eigenvalue weighted by atomic mass is 9.94. The fourth-order valence-electron chi connectivity index (χ4n) is 1.57. The summed E-state index contributed by atoms with van der Waals surface area (Å²) in [5.41, 5.74) is 0.229. The molecular weight excluding hydrogens is 164 g/mol. The number of aliphatic hydroxyl groups is 1. The third-order valence-corrected chi connectivity index (χ3v) is 2.70. The molecule has 0 aromatic carbocycles. The van der Waals surface area contributed by atoms with E-state index in [4.69, 9.17) is 0 Å². The lowest BCUT2D eigenvalue weighted by Gasteiger charge is -2.25. The fraction of sp³-hybridized carbons (Fsp3) is 0.700. The Balaban J connectivity index is 3.03. The van der Waals surface area contributed by atoms with Gasteiger partial charge in [-0.1, -0.05) is 13.8 Å². The first-order valence-corrected chi connectivity index (χ1v) is 4.91. The minimum Gasteiger partial charge on any atom is -0.384 e. The van der Waals surface area contributed by atoms with Gasteiger partial charge in [0.25, 0.3) is 0 Å². The SMILES string of the molecule is CCn1cncc1C(O)(CC)CC. The Labute approximate surface area is 79.4 Å². The summed E-state index contributed by atoms with van der Waals surface area (Å²) < 4.78 is 1.99. The van der Waals surface area contributed by atoms with Gasteiger partial charge in [0.2, 0.25) is 0 Å². The highest BCUT2D eigenvalue weighted by Gasteiger charge is 2.27. The second-order valence-corrected chi connectivity index (χ2v) is 3.30. The van der Waals surface area contributed by atoms with Crippen molar-refractivity contribution in [1.82, 2.24) is 9.55 Å². The number of aryl methyl sites for hydroxylation is 1. The van der Waals surface area contributed by atoms with E-state index < -0.39 is 5.60 Å². The first-order valence-electron chi connectivity index (χ1n) is 4.91. The molecule has 0 amide bonds. The Morgan fingerprint density at radius 2 is 2.00 bits per heavy atom. The Kier molecular flexibility index (Phi) is 3.09. The van der Waals surface area contributed by atoms with E-state index in [9.17, 15) is 5.11 Å². The minimum absolute atomic E-state index is 0.702. The summed E-state index contributed by atoms with van der Waals surface area (Å²) in [6.45, 7) is 6.90. The van der Waals surface area contributed by atoms with Gasteiger partial charge in [0.15, 0.2) is 0 Å². The second kappa shape index (κ2) is 3.92. The lowest BCUT2D eigenvalue weighted by Crippen LogP contribution is -2.26. The van der Waals surface area contributed by atoms with Gasteiger partial charge in [-0.3, -0.25) is 0 Å². The van der Waals surface area contributed by atoms with Crippen LogP contribution in [0.2, 0.25) is 0 Å². The van der Waals surface area contributed by atoms with Crippen LogP contribution in [0.1, 0.15) is 39.3 Å². The van der Waals surface area contributed by atoms with Crippen LogP contribution in [0, 0.1) is 0 Å². The van der Waals surface area contributed by atoms with Gasteiger partial charge in [0, 0.05) is 6.54 Å². The molecule has 0 radical (unpaired) electrons. The van der Waals surface area contributed by atoms with Gasteiger partial charge >= 0.3 is 0 Å². The average molecular weight is 182 g/mol. The molecule has 0 saturated carbocycles. The molecule has 1 rings (SSSR count). The molecule has 13 heavy (non-hydrogen) atoms. The van der Waals surface area contributed by atoms with E-state index in [1.165, 1.54) is 0 Å². The van der Waals surface area contributed by atoms with Crippen LogP contribution in [0.4, 0.5) is 0 Å². The van der Waals surface area contributed by atoms with E-state index in [2.05, 4.69) is 11.9 Å². The Hall–Kier alpha value is -0.830. The van der Waals surface area contributed by atoms with E-state index in [0.29, 0.717) is 0 Å². The molecule has 0 aliphatic rings. The number of aromatic nitrogens is 2. The zero-order valence-electron chi connectivity index (χ0n) is 8.62. The molecule has 0 fully saturated rings. The largest absolute Gasteiger partial charge is 0.384 e. The summed E-state index contributed by atoms with van der Waals surface area (Å²) in [7, 11) is 0. The van der Waals surface area contributed by atoms with Crippen molar-refractivity contribution in [3.8, 4) is 0 Å². The van der Waals surface area contributed by atoms with E-state index in [1.54, 1.807) is 12.5 Å². The fourth-order valence-corrected chi connectivity index (χ4v) is 1.57. The zero-order valence-corrected chi connectivity index (χ0v) is 8.62. The van der Waals surface area contributed by atoms with Crippen molar-refractivity contribution in [1.29, 1.82) is 0 Å². The van der Waals surface area contributed by atoms with Crippen molar-refractivity contribution >= 4 is 0 Å². The number of rotatable bonds is 4. The number of hydrogen-bond donors (Lipinski definition) is 1. The van der Waals surface area contributed by atoms with Gasteiger partial charge in [-0.25, -0.2) is 4.98 Å². The molecule has 3 nitrogen and oxygen atoms in total. The molecule has 0 aliphatic carbocycles. The summed E-state index contributed by atoms with van der Waals surface area (Å²) >= 11 is 0. The number of imidazole rings is 1. The molecule has 0 bridgehead atoms. The molecule has 3 heteroatoms. The van der Waals surface area contributed by atoms with Crippen molar-refractivity contribution in [3.63, 3.8) is 0 Å². The van der Waals surface area contributed by atoms with Gasteiger partial charge in [0.1, 0.15) is 5.60 Å². The van der Waals surface area contributed by atoms with Crippen molar-refractivity contribution < 1.29 is 5.11 Å². The Bertz CT molecular complexity index is 264. The average Bonchev–Trinajstić information content (AvgIpc) is 2.65. The van der Waals surface area contributed by atoms with Crippen LogP contribution in [0.25, 0.3) is 0 Å². The number of hydrogen-bond acceptors (Lipinski definition) is 2. The van der Waals surface area contributed by atoms with Crippen LogP contribution in [-0.2, 0) is 12.1 Å². The van der Waals surface area contributed by atoms with Crippen LogP contribution in [0.3, 0.4) is 0 Å². The second-order valence-electron chi connectivity index (χ2n) is 3.30. The van der Waals surface area contributed by atoms with E-state index in [-0.39, 0.29) is 0 Å². The minimum atomic E-state index is -0.702. The molecule has 0 atom stereocenters. The molecule has 0 aliphatic heterocycles. The molecule has 0 unspecified atom stereocenters. The first-order chi connectivity index (χ1) is 6.18. The Morgan fingerprint density at radius 3 is 2.46 bits per heavy atom. The van der Waals surface area contributed by atoms with Gasteiger partial charge in [-0.15, -0.1) is 0 Å². The molecule has 1 N–H and O–H groups in total. The maximum atomic E-state index is 10.2. The third-order valence-electron chi connectivity index (χ3n) is 2.70. The topological polar surface area (TPSA) is 38.0 Å². The molecule has 0 saturated heterocycles. The lowest BCUT2D eigenvalue weighted by molar-refractivity contribution is 0.0205. The highest BCUT2D eigenvalue weighted by atomic mass is 16.3. The molecule has 1 heterocycles. The van der Waals surface area contributed by atoms with Crippen LogP contribution >= 0.6 is 0 Å². The van der Waals surface area contributed by atoms with Gasteiger partial charge in [0.05, 0.1) is 18.2 Å². The molecular formula is C10H18N2O. The summed E-state index contributed by atoms with van der Waals surface area (Å²) in [4.78, 5) is 4.06. The Morgan fingerprint density at radius 1 is 1.38 bits per heavy atom. The zero-order chi connectivity index (χ0) is 9.90. The molecule has 74 valence electrons. The van der Waals surface area contributed by atoms with Crippen LogP contribution in [0.15, 0.2) is 12.5 Å². The van der Waals surface area contributed by atoms with Crippen molar-refractivity contribution in [2.24, 2.45) is 0 Å². The number of nitrogens with zero attached hydrogens (tertiary/aromatic N) is 2. The van der Waals surface area contributed by atoms with Gasteiger partial charge in [-0.05, 0) is 19.8 Å². The maximum absolute atomic E-state index is 10.2. The summed E-state index contributed by atoms with van der Waals surface area (Å²) in [5, 5.41) is 10.2. The normalized spacial score (nSPS) is 12.0. The predicted octanol–water partition coefficient (Wildman–Crippen LogP) is 1.91. The van der Waals surface area contributed by atoms with E-state index in [1.807, 2.05) is 18.4 Å². The van der Waals surface area contributed by atoms with Crippen LogP contribution < -0.4 is 0 Å². The highest BCUT2D eigenvalue weighted by Crippen LogP contribution is 2.27. The molecule has 0 spiro atoms. The summed E-state index contributed by atoms with van der Waals surface area (Å²) in [6, 6.07) is 0. The first kappa shape index (κ1) is 10.3. The predicted molar refractivity (Wildman–Crippen MR) is 52.4 cm³/mol. The van der Waals surface area contributed by atoms with E-state index >= 15 is 0 Å². The van der Waals surface area contributed by atoms with Crippen LogP contribution in [0.5, 0.6) is 0 Å². The summed E-state index contributed by atoms with van der Waals surface area (Å²) in [6.07, 6.45) is 4.99. The monoisotopic (exact) mass is 182 g/mol. The van der Waals surface area contributed by atoms with E-state index in [0.717, 1.165) is 25.1 Å².